The lowest BCUT2D eigenvalue weighted by molar-refractivity contribution is -0.160. The highest BCUT2D eigenvalue weighted by molar-refractivity contribution is 7.85. The Balaban J connectivity index is 1.36. The largest absolute Gasteiger partial charge is 0.462 e. The molecule has 222 valence electrons. The number of hydrogen-bond donors (Lipinski definition) is 0. The molecule has 0 aromatic carbocycles. The Morgan fingerprint density at radius 2 is 1.72 bits per heavy atom. The summed E-state index contributed by atoms with van der Waals surface area (Å²) in [6.07, 6.45) is 17.5. The van der Waals surface area contributed by atoms with Crippen molar-refractivity contribution in [2.45, 2.75) is 119 Å². The van der Waals surface area contributed by atoms with Gasteiger partial charge in [0.2, 0.25) is 0 Å². The summed E-state index contributed by atoms with van der Waals surface area (Å²) in [6, 6.07) is 0. The van der Waals surface area contributed by atoms with E-state index in [0.29, 0.717) is 11.3 Å². The van der Waals surface area contributed by atoms with Crippen LogP contribution in [0.4, 0.5) is 0 Å². The quantitative estimate of drug-likeness (QED) is 0.162. The Bertz CT molecular complexity index is 1080. The fraction of sp³-hybridized carbons (Fsp3) is 0.848. The summed E-state index contributed by atoms with van der Waals surface area (Å²) in [7, 11) is -3.36. The van der Waals surface area contributed by atoms with E-state index in [1.54, 1.807) is 11.1 Å². The van der Waals surface area contributed by atoms with Crippen LogP contribution in [-0.2, 0) is 23.8 Å². The van der Waals surface area contributed by atoms with Gasteiger partial charge in [-0.3, -0.25) is 8.98 Å². The van der Waals surface area contributed by atoms with Gasteiger partial charge in [-0.2, -0.15) is 8.42 Å². The maximum Gasteiger partial charge on any atom is 0.311 e. The SMILES string of the molecule is C[C@H](CCC[C@@H](C)C1=CC[C@H]2[C@@H]3CC=C4C[C@@H](OC(=O)C(C)(C)C)CC[C@]4(C)[C@H]3CC[C@]12C)COS(C)(=O)=O. The average Bonchev–Trinajstić information content (AvgIpc) is 3.19. The first-order valence-corrected chi connectivity index (χ1v) is 17.3. The van der Waals surface area contributed by atoms with Crippen LogP contribution < -0.4 is 0 Å². The Morgan fingerprint density at radius 3 is 2.38 bits per heavy atom. The molecule has 0 N–H and O–H groups in total. The molecule has 0 unspecified atom stereocenters. The van der Waals surface area contributed by atoms with E-state index < -0.39 is 15.5 Å². The number of carbonyl (C=O) groups excluding carboxylic acids is 1. The Hall–Kier alpha value is -1.14. The summed E-state index contributed by atoms with van der Waals surface area (Å²) >= 11 is 0. The Labute approximate surface area is 238 Å². The summed E-state index contributed by atoms with van der Waals surface area (Å²) in [5.74, 6) is 2.93. The number of carbonyl (C=O) groups is 1. The van der Waals surface area contributed by atoms with Gasteiger partial charge in [0.1, 0.15) is 6.10 Å². The molecular formula is C33H54O5S. The van der Waals surface area contributed by atoms with E-state index in [9.17, 15) is 13.2 Å². The van der Waals surface area contributed by atoms with Gasteiger partial charge in [0.05, 0.1) is 18.3 Å². The van der Waals surface area contributed by atoms with Gasteiger partial charge >= 0.3 is 5.97 Å². The molecule has 2 fully saturated rings. The van der Waals surface area contributed by atoms with Crippen LogP contribution in [0.25, 0.3) is 0 Å². The lowest BCUT2D eigenvalue weighted by atomic mass is 9.47. The predicted molar refractivity (Wildman–Crippen MR) is 157 cm³/mol. The van der Waals surface area contributed by atoms with Gasteiger partial charge in [0.25, 0.3) is 10.1 Å². The Morgan fingerprint density at radius 1 is 1.03 bits per heavy atom. The average molecular weight is 563 g/mol. The zero-order chi connectivity index (χ0) is 28.8. The summed E-state index contributed by atoms with van der Waals surface area (Å²) < 4.78 is 33.6. The van der Waals surface area contributed by atoms with E-state index in [1.165, 1.54) is 25.7 Å². The van der Waals surface area contributed by atoms with Crippen LogP contribution in [-0.4, -0.2) is 33.4 Å². The predicted octanol–water partition coefficient (Wildman–Crippen LogP) is 7.86. The van der Waals surface area contributed by atoms with E-state index in [4.69, 9.17) is 8.92 Å². The second kappa shape index (κ2) is 11.3. The molecule has 0 amide bonds. The maximum absolute atomic E-state index is 12.5. The minimum atomic E-state index is -3.36. The summed E-state index contributed by atoms with van der Waals surface area (Å²) in [4.78, 5) is 12.5. The molecule has 2 saturated carbocycles. The van der Waals surface area contributed by atoms with Gasteiger partial charge < -0.3 is 4.74 Å². The summed E-state index contributed by atoms with van der Waals surface area (Å²) in [5, 5.41) is 0. The van der Waals surface area contributed by atoms with Gasteiger partial charge in [0.15, 0.2) is 0 Å². The lowest BCUT2D eigenvalue weighted by Gasteiger charge is -2.58. The van der Waals surface area contributed by atoms with E-state index in [0.717, 1.165) is 62.5 Å². The lowest BCUT2D eigenvalue weighted by Crippen LogP contribution is -2.50. The molecule has 0 saturated heterocycles. The van der Waals surface area contributed by atoms with Crippen molar-refractivity contribution >= 4 is 16.1 Å². The van der Waals surface area contributed by atoms with Gasteiger partial charge in [-0.1, -0.05) is 57.4 Å². The molecule has 39 heavy (non-hydrogen) atoms. The van der Waals surface area contributed by atoms with Gasteiger partial charge in [0, 0.05) is 6.42 Å². The van der Waals surface area contributed by atoms with Crippen molar-refractivity contribution in [1.29, 1.82) is 0 Å². The van der Waals surface area contributed by atoms with Crippen molar-refractivity contribution in [3.05, 3.63) is 23.3 Å². The number of rotatable bonds is 9. The molecule has 6 heteroatoms. The maximum atomic E-state index is 12.5. The van der Waals surface area contributed by atoms with Crippen LogP contribution in [0.1, 0.15) is 113 Å². The molecule has 4 rings (SSSR count). The highest BCUT2D eigenvalue weighted by Gasteiger charge is 2.57. The standard InChI is InChI=1S/C33H54O5S/c1-22(21-37-39(8,35)36)10-9-11-23(2)27-14-15-28-26-13-12-24-20-25(38-30(34)31(3,4)5)16-18-32(24,6)29(26)17-19-33(27,28)7/h12,14,22-23,25-26,28-29H,9-11,13,15-21H2,1-8H3/t22-,23-,25+,26+,28+,29+,32+,33-/m1/s1. The third-order valence-electron chi connectivity index (χ3n) is 11.0. The van der Waals surface area contributed by atoms with Crippen molar-refractivity contribution < 1.29 is 22.1 Å². The zero-order valence-corrected chi connectivity index (χ0v) is 26.7. The molecule has 0 aliphatic heterocycles. The highest BCUT2D eigenvalue weighted by atomic mass is 32.2. The van der Waals surface area contributed by atoms with E-state index in [2.05, 4.69) is 39.8 Å². The molecule has 0 bridgehead atoms. The van der Waals surface area contributed by atoms with Crippen molar-refractivity contribution in [3.63, 3.8) is 0 Å². The monoisotopic (exact) mass is 562 g/mol. The van der Waals surface area contributed by atoms with Crippen LogP contribution in [0.3, 0.4) is 0 Å². The van der Waals surface area contributed by atoms with Crippen molar-refractivity contribution in [1.82, 2.24) is 0 Å². The second-order valence-corrected chi connectivity index (χ2v) is 16.7. The first-order valence-electron chi connectivity index (χ1n) is 15.5. The number of hydrogen-bond acceptors (Lipinski definition) is 5. The fourth-order valence-corrected chi connectivity index (χ4v) is 9.15. The van der Waals surface area contributed by atoms with Crippen molar-refractivity contribution in [2.24, 2.45) is 45.8 Å². The van der Waals surface area contributed by atoms with Crippen molar-refractivity contribution in [3.8, 4) is 0 Å². The summed E-state index contributed by atoms with van der Waals surface area (Å²) in [6.45, 7) is 15.7. The topological polar surface area (TPSA) is 69.7 Å². The van der Waals surface area contributed by atoms with Crippen molar-refractivity contribution in [2.75, 3.05) is 12.9 Å². The summed E-state index contributed by atoms with van der Waals surface area (Å²) in [5.41, 5.74) is 3.33. The van der Waals surface area contributed by atoms with Gasteiger partial charge in [-0.25, -0.2) is 0 Å². The minimum Gasteiger partial charge on any atom is -0.462 e. The van der Waals surface area contributed by atoms with Crippen LogP contribution >= 0.6 is 0 Å². The van der Waals surface area contributed by atoms with Gasteiger partial charge in [-0.15, -0.1) is 0 Å². The van der Waals surface area contributed by atoms with E-state index in [-0.39, 0.29) is 30.0 Å². The van der Waals surface area contributed by atoms with E-state index >= 15 is 0 Å². The highest BCUT2D eigenvalue weighted by Crippen LogP contribution is 2.66. The number of ether oxygens (including phenoxy) is 1. The molecule has 0 heterocycles. The zero-order valence-electron chi connectivity index (χ0n) is 25.8. The first kappa shape index (κ1) is 30.8. The molecule has 8 atom stereocenters. The molecule has 0 aromatic heterocycles. The molecule has 4 aliphatic rings. The van der Waals surface area contributed by atoms with Gasteiger partial charge in [-0.05, 0) is 113 Å². The normalized spacial score (nSPS) is 36.1. The molecular weight excluding hydrogens is 508 g/mol. The second-order valence-electron chi connectivity index (χ2n) is 15.1. The van der Waals surface area contributed by atoms with Crippen LogP contribution in [0.5, 0.6) is 0 Å². The first-order chi connectivity index (χ1) is 18.0. The third kappa shape index (κ3) is 6.52. The minimum absolute atomic E-state index is 0.0303. The molecule has 4 aliphatic carbocycles. The molecule has 0 aromatic rings. The molecule has 5 nitrogen and oxygen atoms in total. The number of fused-ring (bicyclic) bond motifs is 5. The Kier molecular flexibility index (Phi) is 8.90. The smallest absolute Gasteiger partial charge is 0.311 e. The fourth-order valence-electron chi connectivity index (χ4n) is 8.67. The molecule has 0 radical (unpaired) electrons. The number of esters is 1. The van der Waals surface area contributed by atoms with E-state index in [1.807, 2.05) is 20.8 Å². The van der Waals surface area contributed by atoms with Crippen LogP contribution in [0, 0.1) is 45.8 Å². The molecule has 0 spiro atoms. The third-order valence-corrected chi connectivity index (χ3v) is 11.6. The van der Waals surface area contributed by atoms with Crippen LogP contribution in [0.15, 0.2) is 23.3 Å². The number of allylic oxidation sites excluding steroid dienone is 3. The van der Waals surface area contributed by atoms with Crippen LogP contribution in [0.2, 0.25) is 0 Å².